The molecule has 1 fully saturated rings. The summed E-state index contributed by atoms with van der Waals surface area (Å²) in [5.74, 6) is 0.370. The van der Waals surface area contributed by atoms with Crippen molar-refractivity contribution in [3.8, 4) is 0 Å². The topological polar surface area (TPSA) is 49.4 Å². The van der Waals surface area contributed by atoms with E-state index in [4.69, 9.17) is 11.6 Å². The monoisotopic (exact) mass is 416 g/mol. The van der Waals surface area contributed by atoms with Gasteiger partial charge in [-0.05, 0) is 66.5 Å². The molecule has 0 radical (unpaired) electrons. The van der Waals surface area contributed by atoms with Crippen LogP contribution in [0, 0.1) is 5.92 Å². The number of nitrogens with one attached hydrogen (secondary N) is 1. The van der Waals surface area contributed by atoms with Crippen molar-refractivity contribution in [2.75, 3.05) is 26.7 Å². The first-order chi connectivity index (χ1) is 9.45. The Hall–Kier alpha value is 0.150. The van der Waals surface area contributed by atoms with E-state index in [0.717, 1.165) is 19.4 Å². The zero-order valence-corrected chi connectivity index (χ0v) is 15.7. The SMILES string of the molecule is CNCC1CCCN(S(=O)(=O)c2ccc(Cl)cc2Br)C1.Cl. The number of halogens is 3. The van der Waals surface area contributed by atoms with Crippen LogP contribution in [0.4, 0.5) is 0 Å². The number of sulfonamides is 1. The van der Waals surface area contributed by atoms with Crippen molar-refractivity contribution in [1.29, 1.82) is 0 Å². The van der Waals surface area contributed by atoms with Crippen LogP contribution in [-0.4, -0.2) is 39.4 Å². The van der Waals surface area contributed by atoms with Crippen LogP contribution in [-0.2, 0) is 10.0 Å². The van der Waals surface area contributed by atoms with E-state index in [-0.39, 0.29) is 17.3 Å². The van der Waals surface area contributed by atoms with Crippen molar-refractivity contribution in [2.45, 2.75) is 17.7 Å². The molecule has 1 saturated heterocycles. The van der Waals surface area contributed by atoms with Gasteiger partial charge in [-0.25, -0.2) is 8.42 Å². The molecule has 0 aromatic heterocycles. The minimum Gasteiger partial charge on any atom is -0.319 e. The Labute approximate surface area is 145 Å². The van der Waals surface area contributed by atoms with Crippen LogP contribution in [0.2, 0.25) is 5.02 Å². The van der Waals surface area contributed by atoms with Crippen molar-refractivity contribution in [3.05, 3.63) is 27.7 Å². The molecule has 8 heteroatoms. The van der Waals surface area contributed by atoms with Gasteiger partial charge < -0.3 is 5.32 Å². The van der Waals surface area contributed by atoms with Crippen LogP contribution in [0.1, 0.15) is 12.8 Å². The van der Waals surface area contributed by atoms with Gasteiger partial charge in [0.05, 0.1) is 4.90 Å². The maximum Gasteiger partial charge on any atom is 0.244 e. The summed E-state index contributed by atoms with van der Waals surface area (Å²) in [4.78, 5) is 0.284. The molecule has 0 amide bonds. The van der Waals surface area contributed by atoms with E-state index >= 15 is 0 Å². The molecule has 1 N–H and O–H groups in total. The fourth-order valence-electron chi connectivity index (χ4n) is 2.52. The molecule has 0 saturated carbocycles. The fraction of sp³-hybridized carbons (Fsp3) is 0.538. The number of piperidine rings is 1. The average molecular weight is 418 g/mol. The third-order valence-corrected chi connectivity index (χ3v) is 6.56. The van der Waals surface area contributed by atoms with E-state index in [1.54, 1.807) is 22.5 Å². The molecular formula is C13H19BrCl2N2O2S. The van der Waals surface area contributed by atoms with Gasteiger partial charge in [-0.2, -0.15) is 4.31 Å². The molecule has 1 atom stereocenters. The summed E-state index contributed by atoms with van der Waals surface area (Å²) in [5, 5.41) is 3.64. The maximum absolute atomic E-state index is 12.7. The van der Waals surface area contributed by atoms with Gasteiger partial charge in [-0.15, -0.1) is 12.4 Å². The van der Waals surface area contributed by atoms with Crippen LogP contribution in [0.5, 0.6) is 0 Å². The second-order valence-corrected chi connectivity index (χ2v) is 8.20. The lowest BCUT2D eigenvalue weighted by atomic mass is 10.00. The predicted molar refractivity (Wildman–Crippen MR) is 91.8 cm³/mol. The first-order valence-corrected chi connectivity index (χ1v) is 9.16. The second kappa shape index (κ2) is 8.13. The molecule has 0 aliphatic carbocycles. The van der Waals surface area contributed by atoms with Crippen molar-refractivity contribution >= 4 is 50.0 Å². The van der Waals surface area contributed by atoms with Crippen LogP contribution < -0.4 is 5.32 Å². The van der Waals surface area contributed by atoms with Gasteiger partial charge in [0, 0.05) is 22.6 Å². The molecule has 0 spiro atoms. The van der Waals surface area contributed by atoms with E-state index in [2.05, 4.69) is 21.2 Å². The molecule has 1 unspecified atom stereocenters. The van der Waals surface area contributed by atoms with Crippen LogP contribution in [0.25, 0.3) is 0 Å². The Morgan fingerprint density at radius 2 is 2.19 bits per heavy atom. The molecule has 1 aromatic carbocycles. The third kappa shape index (κ3) is 4.56. The van der Waals surface area contributed by atoms with Crippen molar-refractivity contribution < 1.29 is 8.42 Å². The molecule has 1 aromatic rings. The zero-order chi connectivity index (χ0) is 14.8. The van der Waals surface area contributed by atoms with Crippen LogP contribution in [0.15, 0.2) is 27.6 Å². The molecule has 120 valence electrons. The number of hydrogen-bond donors (Lipinski definition) is 1. The van der Waals surface area contributed by atoms with E-state index < -0.39 is 10.0 Å². The summed E-state index contributed by atoms with van der Waals surface area (Å²) in [5.41, 5.74) is 0. The highest BCUT2D eigenvalue weighted by atomic mass is 79.9. The summed E-state index contributed by atoms with van der Waals surface area (Å²) in [6, 6.07) is 4.78. The average Bonchev–Trinajstić information content (AvgIpc) is 2.39. The van der Waals surface area contributed by atoms with E-state index in [0.29, 0.717) is 28.5 Å². The Bertz CT molecular complexity index is 582. The van der Waals surface area contributed by atoms with Gasteiger partial charge in [0.25, 0.3) is 0 Å². The largest absolute Gasteiger partial charge is 0.319 e. The smallest absolute Gasteiger partial charge is 0.244 e. The minimum absolute atomic E-state index is 0. The summed E-state index contributed by atoms with van der Waals surface area (Å²) in [7, 11) is -1.57. The van der Waals surface area contributed by atoms with Crippen molar-refractivity contribution in [2.24, 2.45) is 5.92 Å². The lowest BCUT2D eigenvalue weighted by Crippen LogP contribution is -2.42. The first kappa shape index (κ1) is 19.2. The molecule has 4 nitrogen and oxygen atoms in total. The van der Waals surface area contributed by atoms with E-state index in [1.807, 2.05) is 7.05 Å². The number of rotatable bonds is 4. The summed E-state index contributed by atoms with van der Waals surface area (Å²) < 4.78 is 27.5. The molecule has 1 heterocycles. The second-order valence-electron chi connectivity index (χ2n) is 5.00. The lowest BCUT2D eigenvalue weighted by Gasteiger charge is -2.32. The van der Waals surface area contributed by atoms with Crippen LogP contribution >= 0.6 is 39.9 Å². The zero-order valence-electron chi connectivity index (χ0n) is 11.7. The Kier molecular flexibility index (Phi) is 7.43. The van der Waals surface area contributed by atoms with E-state index in [1.165, 1.54) is 0 Å². The molecule has 1 aliphatic heterocycles. The molecule has 0 bridgehead atoms. The van der Waals surface area contributed by atoms with Gasteiger partial charge in [0.1, 0.15) is 0 Å². The summed E-state index contributed by atoms with van der Waals surface area (Å²) in [6.45, 7) is 1.99. The number of benzene rings is 1. The first-order valence-electron chi connectivity index (χ1n) is 6.55. The highest BCUT2D eigenvalue weighted by Crippen LogP contribution is 2.30. The molecule has 2 rings (SSSR count). The predicted octanol–water partition coefficient (Wildman–Crippen LogP) is 3.14. The van der Waals surface area contributed by atoms with Crippen molar-refractivity contribution in [1.82, 2.24) is 9.62 Å². The van der Waals surface area contributed by atoms with Crippen LogP contribution in [0.3, 0.4) is 0 Å². The molecule has 1 aliphatic rings. The number of hydrogen-bond acceptors (Lipinski definition) is 3. The fourth-order valence-corrected chi connectivity index (χ4v) is 5.42. The Balaban J connectivity index is 0.00000220. The normalized spacial score (nSPS) is 20.0. The summed E-state index contributed by atoms with van der Waals surface area (Å²) in [6.07, 6.45) is 1.96. The van der Waals surface area contributed by atoms with E-state index in [9.17, 15) is 8.42 Å². The highest BCUT2D eigenvalue weighted by molar-refractivity contribution is 9.10. The van der Waals surface area contributed by atoms with Gasteiger partial charge in [0.15, 0.2) is 0 Å². The number of nitrogens with zero attached hydrogens (tertiary/aromatic N) is 1. The van der Waals surface area contributed by atoms with Gasteiger partial charge >= 0.3 is 0 Å². The highest BCUT2D eigenvalue weighted by Gasteiger charge is 2.31. The Morgan fingerprint density at radius 3 is 2.81 bits per heavy atom. The standard InChI is InChI=1S/C13H18BrClN2O2S.ClH/c1-16-8-10-3-2-6-17(9-10)20(18,19)13-5-4-11(15)7-12(13)14;/h4-5,7,10,16H,2-3,6,8-9H2,1H3;1H. The van der Waals surface area contributed by atoms with Gasteiger partial charge in [-0.1, -0.05) is 11.6 Å². The van der Waals surface area contributed by atoms with Gasteiger partial charge in [-0.3, -0.25) is 0 Å². The molecular weight excluding hydrogens is 399 g/mol. The summed E-state index contributed by atoms with van der Waals surface area (Å²) >= 11 is 9.16. The third-order valence-electron chi connectivity index (χ3n) is 3.49. The minimum atomic E-state index is -3.46. The van der Waals surface area contributed by atoms with Crippen molar-refractivity contribution in [3.63, 3.8) is 0 Å². The van der Waals surface area contributed by atoms with Gasteiger partial charge in [0.2, 0.25) is 10.0 Å². The maximum atomic E-state index is 12.7. The molecule has 21 heavy (non-hydrogen) atoms. The Morgan fingerprint density at radius 1 is 1.48 bits per heavy atom. The lowest BCUT2D eigenvalue weighted by molar-refractivity contribution is 0.263. The quantitative estimate of drug-likeness (QED) is 0.818.